The molecule has 0 spiro atoms. The van der Waals surface area contributed by atoms with Gasteiger partial charge in [0.2, 0.25) is 11.8 Å². The molecule has 1 saturated carbocycles. The standard InChI is InChI=1S/C18H19N5O3/c1-10(15-12-4-2-3-5-13(12)18(25)22-21-15)17(24)19-9-8-14-20-16(23-26-14)11-6-7-11/h2-5,10-11H,6-9H2,1H3,(H,19,24)(H,22,25). The second-order valence-electron chi connectivity index (χ2n) is 6.57. The maximum atomic E-state index is 12.5. The summed E-state index contributed by atoms with van der Waals surface area (Å²) in [5, 5.41) is 14.6. The van der Waals surface area contributed by atoms with Gasteiger partial charge in [-0.25, -0.2) is 5.10 Å². The number of carbonyl (C=O) groups is 1. The van der Waals surface area contributed by atoms with Crippen molar-refractivity contribution in [3.63, 3.8) is 0 Å². The number of carbonyl (C=O) groups excluding carboxylic acids is 1. The van der Waals surface area contributed by atoms with Crippen LogP contribution in [0.4, 0.5) is 0 Å². The minimum Gasteiger partial charge on any atom is -0.355 e. The van der Waals surface area contributed by atoms with Gasteiger partial charge in [-0.3, -0.25) is 9.59 Å². The maximum absolute atomic E-state index is 12.5. The van der Waals surface area contributed by atoms with Crippen LogP contribution in [0.15, 0.2) is 33.6 Å². The molecule has 134 valence electrons. The van der Waals surface area contributed by atoms with Crippen molar-refractivity contribution in [1.29, 1.82) is 0 Å². The number of nitrogens with zero attached hydrogens (tertiary/aromatic N) is 3. The van der Waals surface area contributed by atoms with Crippen molar-refractivity contribution < 1.29 is 9.32 Å². The Kier molecular flexibility index (Phi) is 4.24. The quantitative estimate of drug-likeness (QED) is 0.696. The molecule has 0 aliphatic heterocycles. The van der Waals surface area contributed by atoms with Gasteiger partial charge in [0.25, 0.3) is 5.56 Å². The first-order valence-corrected chi connectivity index (χ1v) is 8.71. The van der Waals surface area contributed by atoms with Crippen LogP contribution in [-0.4, -0.2) is 32.8 Å². The zero-order valence-electron chi connectivity index (χ0n) is 14.4. The summed E-state index contributed by atoms with van der Waals surface area (Å²) in [6, 6.07) is 7.13. The van der Waals surface area contributed by atoms with Gasteiger partial charge in [-0.05, 0) is 25.8 Å². The first-order chi connectivity index (χ1) is 12.6. The highest BCUT2D eigenvalue weighted by molar-refractivity contribution is 5.90. The van der Waals surface area contributed by atoms with Crippen LogP contribution < -0.4 is 10.9 Å². The minimum atomic E-state index is -0.499. The zero-order valence-corrected chi connectivity index (χ0v) is 14.4. The van der Waals surface area contributed by atoms with Crippen LogP contribution in [0.1, 0.15) is 49.0 Å². The zero-order chi connectivity index (χ0) is 18.1. The fourth-order valence-electron chi connectivity index (χ4n) is 2.91. The molecule has 1 atom stereocenters. The van der Waals surface area contributed by atoms with Crippen molar-refractivity contribution in [2.45, 2.75) is 38.0 Å². The van der Waals surface area contributed by atoms with E-state index in [0.29, 0.717) is 41.2 Å². The topological polar surface area (TPSA) is 114 Å². The lowest BCUT2D eigenvalue weighted by Crippen LogP contribution is -2.31. The van der Waals surface area contributed by atoms with Crippen LogP contribution in [0.25, 0.3) is 10.8 Å². The van der Waals surface area contributed by atoms with Crippen LogP contribution >= 0.6 is 0 Å². The molecule has 1 aliphatic carbocycles. The molecule has 1 unspecified atom stereocenters. The summed E-state index contributed by atoms with van der Waals surface area (Å²) in [5.74, 6) is 1.08. The molecule has 1 fully saturated rings. The van der Waals surface area contributed by atoms with E-state index in [1.165, 1.54) is 0 Å². The van der Waals surface area contributed by atoms with Crippen LogP contribution in [0.5, 0.6) is 0 Å². The van der Waals surface area contributed by atoms with Gasteiger partial charge in [-0.2, -0.15) is 10.1 Å². The Labute approximate surface area is 149 Å². The molecule has 2 heterocycles. The second-order valence-corrected chi connectivity index (χ2v) is 6.57. The molecule has 1 aliphatic rings. The summed E-state index contributed by atoms with van der Waals surface area (Å²) in [4.78, 5) is 28.7. The van der Waals surface area contributed by atoms with E-state index in [4.69, 9.17) is 4.52 Å². The summed E-state index contributed by atoms with van der Waals surface area (Å²) in [6.07, 6.45) is 2.72. The van der Waals surface area contributed by atoms with Gasteiger partial charge in [0, 0.05) is 24.3 Å². The Morgan fingerprint density at radius 1 is 1.35 bits per heavy atom. The highest BCUT2D eigenvalue weighted by Crippen LogP contribution is 2.38. The Bertz CT molecular complexity index is 1010. The highest BCUT2D eigenvalue weighted by atomic mass is 16.5. The van der Waals surface area contributed by atoms with Crippen molar-refractivity contribution in [2.24, 2.45) is 0 Å². The third kappa shape index (κ3) is 3.22. The molecule has 8 nitrogen and oxygen atoms in total. The number of aromatic amines is 1. The van der Waals surface area contributed by atoms with Crippen molar-refractivity contribution >= 4 is 16.7 Å². The molecule has 2 N–H and O–H groups in total. The van der Waals surface area contributed by atoms with Crippen molar-refractivity contribution in [3.8, 4) is 0 Å². The summed E-state index contributed by atoms with van der Waals surface area (Å²) in [5.41, 5.74) is 0.284. The lowest BCUT2D eigenvalue weighted by molar-refractivity contribution is -0.122. The predicted molar refractivity (Wildman–Crippen MR) is 93.8 cm³/mol. The Balaban J connectivity index is 1.41. The fourth-order valence-corrected chi connectivity index (χ4v) is 2.91. The molecular weight excluding hydrogens is 334 g/mol. The summed E-state index contributed by atoms with van der Waals surface area (Å²) in [6.45, 7) is 2.16. The third-order valence-electron chi connectivity index (χ3n) is 4.59. The number of amides is 1. The molecule has 8 heteroatoms. The van der Waals surface area contributed by atoms with E-state index in [0.717, 1.165) is 18.7 Å². The van der Waals surface area contributed by atoms with Crippen LogP contribution in [0.3, 0.4) is 0 Å². The van der Waals surface area contributed by atoms with E-state index < -0.39 is 5.92 Å². The number of hydrogen-bond donors (Lipinski definition) is 2. The Morgan fingerprint density at radius 2 is 2.12 bits per heavy atom. The molecule has 3 aromatic rings. The highest BCUT2D eigenvalue weighted by Gasteiger charge is 2.28. The Hall–Kier alpha value is -3.03. The first kappa shape index (κ1) is 16.4. The van der Waals surface area contributed by atoms with E-state index in [1.54, 1.807) is 25.1 Å². The van der Waals surface area contributed by atoms with Gasteiger partial charge in [-0.15, -0.1) is 0 Å². The molecule has 26 heavy (non-hydrogen) atoms. The van der Waals surface area contributed by atoms with E-state index in [2.05, 4.69) is 25.7 Å². The van der Waals surface area contributed by atoms with Gasteiger partial charge in [0.1, 0.15) is 0 Å². The minimum absolute atomic E-state index is 0.170. The van der Waals surface area contributed by atoms with E-state index >= 15 is 0 Å². The van der Waals surface area contributed by atoms with Crippen molar-refractivity contribution in [2.75, 3.05) is 6.54 Å². The van der Waals surface area contributed by atoms with E-state index in [9.17, 15) is 9.59 Å². The van der Waals surface area contributed by atoms with Gasteiger partial charge in [-0.1, -0.05) is 23.4 Å². The van der Waals surface area contributed by atoms with Crippen LogP contribution in [-0.2, 0) is 11.2 Å². The predicted octanol–water partition coefficient (Wildman–Crippen LogP) is 1.65. The third-order valence-corrected chi connectivity index (χ3v) is 4.59. The Morgan fingerprint density at radius 3 is 2.88 bits per heavy atom. The molecule has 1 aromatic carbocycles. The lowest BCUT2D eigenvalue weighted by atomic mass is 10.0. The van der Waals surface area contributed by atoms with Crippen molar-refractivity contribution in [3.05, 3.63) is 52.0 Å². The number of hydrogen-bond acceptors (Lipinski definition) is 6. The van der Waals surface area contributed by atoms with Gasteiger partial charge in [0.05, 0.1) is 17.0 Å². The number of aromatic nitrogens is 4. The van der Waals surface area contributed by atoms with Gasteiger partial charge < -0.3 is 9.84 Å². The molecular formula is C18H19N5O3. The molecule has 2 aromatic heterocycles. The maximum Gasteiger partial charge on any atom is 0.272 e. The van der Waals surface area contributed by atoms with Crippen LogP contribution in [0.2, 0.25) is 0 Å². The fraction of sp³-hybridized carbons (Fsp3) is 0.389. The monoisotopic (exact) mass is 353 g/mol. The van der Waals surface area contributed by atoms with Gasteiger partial charge >= 0.3 is 0 Å². The SMILES string of the molecule is CC(C(=O)NCCc1nc(C2CC2)no1)c1n[nH]c(=O)c2ccccc12. The number of nitrogens with one attached hydrogen (secondary N) is 2. The number of fused-ring (bicyclic) bond motifs is 1. The van der Waals surface area contributed by atoms with Crippen molar-refractivity contribution in [1.82, 2.24) is 25.7 Å². The summed E-state index contributed by atoms with van der Waals surface area (Å²) in [7, 11) is 0. The molecule has 4 rings (SSSR count). The average Bonchev–Trinajstić information content (AvgIpc) is 3.41. The van der Waals surface area contributed by atoms with Crippen LogP contribution in [0, 0.1) is 0 Å². The summed E-state index contributed by atoms with van der Waals surface area (Å²) >= 11 is 0. The largest absolute Gasteiger partial charge is 0.355 e. The normalized spacial score (nSPS) is 15.1. The van der Waals surface area contributed by atoms with E-state index in [-0.39, 0.29) is 11.5 Å². The molecule has 0 saturated heterocycles. The average molecular weight is 353 g/mol. The molecule has 1 amide bonds. The van der Waals surface area contributed by atoms with Gasteiger partial charge in [0.15, 0.2) is 5.82 Å². The number of rotatable bonds is 6. The smallest absolute Gasteiger partial charge is 0.272 e. The summed E-state index contributed by atoms with van der Waals surface area (Å²) < 4.78 is 5.20. The molecule has 0 bridgehead atoms. The molecule has 0 radical (unpaired) electrons. The first-order valence-electron chi connectivity index (χ1n) is 8.71. The second kappa shape index (κ2) is 6.70. The number of H-pyrrole nitrogens is 1. The van der Waals surface area contributed by atoms with E-state index in [1.807, 2.05) is 6.07 Å². The lowest BCUT2D eigenvalue weighted by Gasteiger charge is -2.12. The number of benzene rings is 1.